The minimum absolute atomic E-state index is 0.0579. The van der Waals surface area contributed by atoms with Crippen molar-refractivity contribution in [1.29, 1.82) is 0 Å². The number of imidazole rings is 1. The van der Waals surface area contributed by atoms with Gasteiger partial charge in [-0.2, -0.15) is 0 Å². The fourth-order valence-electron chi connectivity index (χ4n) is 2.45. The van der Waals surface area contributed by atoms with Crippen LogP contribution in [0.15, 0.2) is 41.1 Å². The van der Waals surface area contributed by atoms with Gasteiger partial charge in [0.25, 0.3) is 0 Å². The minimum atomic E-state index is -0.352. The van der Waals surface area contributed by atoms with Crippen molar-refractivity contribution in [3.63, 3.8) is 0 Å². The lowest BCUT2D eigenvalue weighted by atomic mass is 10.0. The molecule has 1 aromatic carbocycles. The summed E-state index contributed by atoms with van der Waals surface area (Å²) < 4.78 is 7.62. The van der Waals surface area contributed by atoms with Crippen LogP contribution in [0.5, 0.6) is 0 Å². The van der Waals surface area contributed by atoms with Crippen LogP contribution in [0.4, 0.5) is 10.5 Å². The number of ether oxygens (including phenoxy) is 1. The maximum Gasteiger partial charge on any atom is 0.325 e. The molecular formula is C18H23BrN4O3. The predicted octanol–water partition coefficient (Wildman–Crippen LogP) is 3.73. The Hall–Kier alpha value is -2.35. The molecular weight excluding hydrogens is 400 g/mol. The number of urea groups is 1. The molecule has 8 heteroatoms. The zero-order chi connectivity index (χ0) is 19.1. The van der Waals surface area contributed by atoms with E-state index >= 15 is 0 Å². The molecule has 1 atom stereocenters. The number of halogens is 1. The number of anilines is 1. The zero-order valence-corrected chi connectivity index (χ0v) is 16.6. The number of aromatic nitrogens is 2. The van der Waals surface area contributed by atoms with Gasteiger partial charge in [-0.05, 0) is 37.1 Å². The van der Waals surface area contributed by atoms with Crippen molar-refractivity contribution >= 4 is 33.6 Å². The van der Waals surface area contributed by atoms with Gasteiger partial charge in [0.2, 0.25) is 0 Å². The standard InChI is InChI=1S/C18H23BrN4O3/c1-4-26-15(24)11-23-10-9-20-17(23)16(12(2)3)22-18(25)21-14-7-5-13(19)6-8-14/h5-10,12,16H,4,11H2,1-3H3,(H2,21,22,25)/t16-/m0/s1. The fourth-order valence-corrected chi connectivity index (χ4v) is 2.71. The molecule has 0 radical (unpaired) electrons. The van der Waals surface area contributed by atoms with Gasteiger partial charge in [0.05, 0.1) is 12.6 Å². The van der Waals surface area contributed by atoms with Crippen molar-refractivity contribution in [1.82, 2.24) is 14.9 Å². The van der Waals surface area contributed by atoms with E-state index in [4.69, 9.17) is 4.74 Å². The lowest BCUT2D eigenvalue weighted by Crippen LogP contribution is -2.37. The van der Waals surface area contributed by atoms with Crippen LogP contribution in [0.2, 0.25) is 0 Å². The Labute approximate surface area is 161 Å². The summed E-state index contributed by atoms with van der Waals surface area (Å²) in [7, 11) is 0. The van der Waals surface area contributed by atoms with E-state index in [-0.39, 0.29) is 30.5 Å². The monoisotopic (exact) mass is 422 g/mol. The number of hydrogen-bond donors (Lipinski definition) is 2. The van der Waals surface area contributed by atoms with Gasteiger partial charge >= 0.3 is 12.0 Å². The average molecular weight is 423 g/mol. The van der Waals surface area contributed by atoms with E-state index < -0.39 is 0 Å². The first-order chi connectivity index (χ1) is 12.4. The van der Waals surface area contributed by atoms with E-state index in [0.717, 1.165) is 4.47 Å². The molecule has 140 valence electrons. The molecule has 0 unspecified atom stereocenters. The van der Waals surface area contributed by atoms with Crippen LogP contribution < -0.4 is 10.6 Å². The van der Waals surface area contributed by atoms with Crippen molar-refractivity contribution in [2.75, 3.05) is 11.9 Å². The van der Waals surface area contributed by atoms with Crippen LogP contribution in [-0.2, 0) is 16.1 Å². The number of rotatable bonds is 7. The Kier molecular flexibility index (Phi) is 7.20. The molecule has 2 aromatic rings. The van der Waals surface area contributed by atoms with Gasteiger partial charge in [-0.15, -0.1) is 0 Å². The molecule has 0 bridgehead atoms. The number of carbonyl (C=O) groups excluding carboxylic acids is 2. The predicted molar refractivity (Wildman–Crippen MR) is 103 cm³/mol. The summed E-state index contributed by atoms with van der Waals surface area (Å²) in [6.45, 7) is 6.10. The summed E-state index contributed by atoms with van der Waals surface area (Å²) in [5, 5.41) is 5.73. The highest BCUT2D eigenvalue weighted by atomic mass is 79.9. The molecule has 1 heterocycles. The SMILES string of the molecule is CCOC(=O)Cn1ccnc1[C@@H](NC(=O)Nc1ccc(Br)cc1)C(C)C. The highest BCUT2D eigenvalue weighted by Gasteiger charge is 2.23. The average Bonchev–Trinajstić information content (AvgIpc) is 3.02. The van der Waals surface area contributed by atoms with Crippen LogP contribution in [0.3, 0.4) is 0 Å². The summed E-state index contributed by atoms with van der Waals surface area (Å²) in [6, 6.07) is 6.61. The number of esters is 1. The summed E-state index contributed by atoms with van der Waals surface area (Å²) in [5.41, 5.74) is 0.683. The maximum atomic E-state index is 12.4. The Bertz CT molecular complexity index is 743. The highest BCUT2D eigenvalue weighted by molar-refractivity contribution is 9.10. The Morgan fingerprint density at radius 3 is 2.58 bits per heavy atom. The second kappa shape index (κ2) is 9.38. The van der Waals surface area contributed by atoms with Gasteiger partial charge in [0, 0.05) is 22.6 Å². The van der Waals surface area contributed by atoms with E-state index in [1.165, 1.54) is 0 Å². The second-order valence-corrected chi connectivity index (χ2v) is 6.96. The smallest absolute Gasteiger partial charge is 0.325 e. The molecule has 1 aromatic heterocycles. The minimum Gasteiger partial charge on any atom is -0.465 e. The molecule has 2 N–H and O–H groups in total. The van der Waals surface area contributed by atoms with Crippen LogP contribution in [0, 0.1) is 5.92 Å². The van der Waals surface area contributed by atoms with Gasteiger partial charge in [0.1, 0.15) is 12.4 Å². The largest absolute Gasteiger partial charge is 0.465 e. The van der Waals surface area contributed by atoms with Crippen LogP contribution in [0.1, 0.15) is 32.6 Å². The van der Waals surface area contributed by atoms with E-state index in [1.807, 2.05) is 26.0 Å². The first kappa shape index (κ1) is 20.0. The molecule has 7 nitrogen and oxygen atoms in total. The van der Waals surface area contributed by atoms with Crippen LogP contribution >= 0.6 is 15.9 Å². The summed E-state index contributed by atoms with van der Waals surface area (Å²) in [4.78, 5) is 28.5. The number of nitrogens with zero attached hydrogens (tertiary/aromatic N) is 2. The molecule has 2 amide bonds. The van der Waals surface area contributed by atoms with Gasteiger partial charge in [-0.1, -0.05) is 29.8 Å². The zero-order valence-electron chi connectivity index (χ0n) is 15.0. The van der Waals surface area contributed by atoms with Gasteiger partial charge in [-0.3, -0.25) is 4.79 Å². The summed E-state index contributed by atoms with van der Waals surface area (Å²) in [5.74, 6) is 0.349. The lowest BCUT2D eigenvalue weighted by molar-refractivity contribution is -0.143. The molecule has 0 spiro atoms. The third kappa shape index (κ3) is 5.59. The molecule has 0 saturated heterocycles. The highest BCUT2D eigenvalue weighted by Crippen LogP contribution is 2.21. The van der Waals surface area contributed by atoms with Crippen LogP contribution in [0.25, 0.3) is 0 Å². The third-order valence-corrected chi connectivity index (χ3v) is 4.21. The Balaban J connectivity index is 2.09. The van der Waals surface area contributed by atoms with Crippen LogP contribution in [-0.4, -0.2) is 28.2 Å². The number of amides is 2. The fraction of sp³-hybridized carbons (Fsp3) is 0.389. The third-order valence-electron chi connectivity index (χ3n) is 3.69. The van der Waals surface area contributed by atoms with Gasteiger partial charge < -0.3 is 19.9 Å². The number of hydrogen-bond acceptors (Lipinski definition) is 4. The first-order valence-electron chi connectivity index (χ1n) is 8.40. The molecule has 0 aliphatic rings. The van der Waals surface area contributed by atoms with Gasteiger partial charge in [-0.25, -0.2) is 9.78 Å². The Morgan fingerprint density at radius 2 is 1.96 bits per heavy atom. The van der Waals surface area contributed by atoms with E-state index in [9.17, 15) is 9.59 Å². The Morgan fingerprint density at radius 1 is 1.27 bits per heavy atom. The summed E-state index contributed by atoms with van der Waals surface area (Å²) >= 11 is 3.36. The van der Waals surface area contributed by atoms with Crippen molar-refractivity contribution in [3.05, 3.63) is 47.0 Å². The molecule has 0 saturated carbocycles. The normalized spacial score (nSPS) is 11.9. The number of nitrogens with one attached hydrogen (secondary N) is 2. The summed E-state index contributed by atoms with van der Waals surface area (Å²) in [6.07, 6.45) is 3.31. The van der Waals surface area contributed by atoms with Crippen molar-refractivity contribution in [2.24, 2.45) is 5.92 Å². The number of benzene rings is 1. The van der Waals surface area contributed by atoms with Crippen molar-refractivity contribution in [3.8, 4) is 0 Å². The van der Waals surface area contributed by atoms with Crippen molar-refractivity contribution in [2.45, 2.75) is 33.4 Å². The first-order valence-corrected chi connectivity index (χ1v) is 9.19. The quantitative estimate of drug-likeness (QED) is 0.665. The topological polar surface area (TPSA) is 85.2 Å². The van der Waals surface area contributed by atoms with E-state index in [1.54, 1.807) is 36.0 Å². The molecule has 0 aliphatic heterocycles. The molecule has 2 rings (SSSR count). The molecule has 0 aliphatic carbocycles. The van der Waals surface area contributed by atoms with Crippen molar-refractivity contribution < 1.29 is 14.3 Å². The van der Waals surface area contributed by atoms with E-state index in [2.05, 4.69) is 31.5 Å². The molecule has 0 fully saturated rings. The van der Waals surface area contributed by atoms with E-state index in [0.29, 0.717) is 18.1 Å². The second-order valence-electron chi connectivity index (χ2n) is 6.05. The maximum absolute atomic E-state index is 12.4. The molecule has 26 heavy (non-hydrogen) atoms. The lowest BCUT2D eigenvalue weighted by Gasteiger charge is -2.23. The van der Waals surface area contributed by atoms with Gasteiger partial charge in [0.15, 0.2) is 0 Å². The number of carbonyl (C=O) groups is 2.